The van der Waals surface area contributed by atoms with Gasteiger partial charge in [0, 0.05) is 18.5 Å². The maximum Gasteiger partial charge on any atom is 0.269 e. The molecule has 3 N–H and O–H groups in total. The molecule has 98 valence electrons. The van der Waals surface area contributed by atoms with E-state index in [9.17, 15) is 9.59 Å². The van der Waals surface area contributed by atoms with Gasteiger partial charge >= 0.3 is 0 Å². The van der Waals surface area contributed by atoms with Crippen LogP contribution >= 0.6 is 0 Å². The van der Waals surface area contributed by atoms with Crippen molar-refractivity contribution in [3.63, 3.8) is 0 Å². The fourth-order valence-corrected chi connectivity index (χ4v) is 1.38. The number of H-pyrrole nitrogens is 1. The minimum absolute atomic E-state index is 0.111. The van der Waals surface area contributed by atoms with E-state index in [1.54, 1.807) is 24.3 Å². The zero-order valence-electron chi connectivity index (χ0n) is 9.96. The average Bonchev–Trinajstić information content (AvgIpc) is 2.92. The van der Waals surface area contributed by atoms with Crippen LogP contribution in [-0.4, -0.2) is 39.0 Å². The van der Waals surface area contributed by atoms with Crippen LogP contribution in [0.5, 0.6) is 0 Å². The largest absolute Gasteiger partial charge is 0.352 e. The predicted octanol–water partition coefficient (Wildman–Crippen LogP) is -0.0417. The lowest BCUT2D eigenvalue weighted by molar-refractivity contribution is -0.116. The Bertz CT molecular complexity index is 540. The molecule has 0 saturated carbocycles. The Balaban J connectivity index is 1.72. The van der Waals surface area contributed by atoms with E-state index in [-0.39, 0.29) is 30.7 Å². The Morgan fingerprint density at radius 3 is 2.68 bits per heavy atom. The van der Waals surface area contributed by atoms with Crippen LogP contribution < -0.4 is 10.6 Å². The zero-order chi connectivity index (χ0) is 13.5. The van der Waals surface area contributed by atoms with Gasteiger partial charge in [-0.05, 0) is 17.3 Å². The van der Waals surface area contributed by atoms with Crippen LogP contribution in [0.15, 0.2) is 30.3 Å². The van der Waals surface area contributed by atoms with Gasteiger partial charge in [-0.3, -0.25) is 14.9 Å². The third-order valence-corrected chi connectivity index (χ3v) is 2.27. The van der Waals surface area contributed by atoms with Crippen molar-refractivity contribution in [3.8, 4) is 0 Å². The van der Waals surface area contributed by atoms with Crippen molar-refractivity contribution in [1.29, 1.82) is 0 Å². The molecule has 0 radical (unpaired) electrons. The summed E-state index contributed by atoms with van der Waals surface area (Å²) in [6.45, 7) is 0.234. The molecule has 19 heavy (non-hydrogen) atoms. The van der Waals surface area contributed by atoms with E-state index in [2.05, 4.69) is 31.3 Å². The first-order valence-electron chi connectivity index (χ1n) is 5.62. The molecule has 0 spiro atoms. The standard InChI is InChI=1S/C11H12N6O2/c18-9(13-11-14-16-17-15-11)6-7-12-10(19)8-4-2-1-3-5-8/h1-5H,6-7H2,(H,12,19)(H2,13,14,15,16,17,18). The van der Waals surface area contributed by atoms with Gasteiger partial charge in [-0.15, -0.1) is 5.10 Å². The van der Waals surface area contributed by atoms with Crippen molar-refractivity contribution in [2.24, 2.45) is 0 Å². The predicted molar refractivity (Wildman–Crippen MR) is 66.2 cm³/mol. The van der Waals surface area contributed by atoms with E-state index < -0.39 is 0 Å². The first-order valence-corrected chi connectivity index (χ1v) is 5.62. The SMILES string of the molecule is O=C(CCNC(=O)c1ccccc1)Nc1nn[nH]n1. The number of carbonyl (C=O) groups excluding carboxylic acids is 2. The van der Waals surface area contributed by atoms with Crippen molar-refractivity contribution in [2.75, 3.05) is 11.9 Å². The number of anilines is 1. The van der Waals surface area contributed by atoms with E-state index in [1.807, 2.05) is 6.07 Å². The minimum Gasteiger partial charge on any atom is -0.352 e. The van der Waals surface area contributed by atoms with Gasteiger partial charge in [0.25, 0.3) is 11.9 Å². The zero-order valence-corrected chi connectivity index (χ0v) is 9.96. The van der Waals surface area contributed by atoms with Gasteiger partial charge in [-0.2, -0.15) is 5.21 Å². The van der Waals surface area contributed by atoms with E-state index in [1.165, 1.54) is 0 Å². The highest BCUT2D eigenvalue weighted by Crippen LogP contribution is 1.98. The maximum atomic E-state index is 11.7. The molecule has 0 aliphatic carbocycles. The summed E-state index contributed by atoms with van der Waals surface area (Å²) in [5.74, 6) is -0.401. The smallest absolute Gasteiger partial charge is 0.269 e. The molecule has 1 aromatic heterocycles. The fraction of sp³-hybridized carbons (Fsp3) is 0.182. The summed E-state index contributed by atoms with van der Waals surface area (Å²) in [6.07, 6.45) is 0.132. The maximum absolute atomic E-state index is 11.7. The molecule has 1 aromatic carbocycles. The average molecular weight is 260 g/mol. The van der Waals surface area contributed by atoms with Gasteiger partial charge in [-0.25, -0.2) is 0 Å². The highest BCUT2D eigenvalue weighted by Gasteiger charge is 2.07. The van der Waals surface area contributed by atoms with E-state index >= 15 is 0 Å². The second kappa shape index (κ2) is 6.24. The molecule has 0 bridgehead atoms. The Morgan fingerprint density at radius 1 is 1.21 bits per heavy atom. The first-order chi connectivity index (χ1) is 9.25. The molecule has 0 aliphatic rings. The third-order valence-electron chi connectivity index (χ3n) is 2.27. The number of carbonyl (C=O) groups is 2. The van der Waals surface area contributed by atoms with Crippen LogP contribution in [-0.2, 0) is 4.79 Å². The number of nitrogens with one attached hydrogen (secondary N) is 3. The highest BCUT2D eigenvalue weighted by molar-refractivity contribution is 5.94. The number of nitrogens with zero attached hydrogens (tertiary/aromatic N) is 3. The summed E-state index contributed by atoms with van der Waals surface area (Å²) >= 11 is 0. The molecule has 1 heterocycles. The molecule has 0 fully saturated rings. The Kier molecular flexibility index (Phi) is 4.17. The van der Waals surface area contributed by atoms with E-state index in [0.717, 1.165) is 0 Å². The number of tetrazole rings is 1. The van der Waals surface area contributed by atoms with E-state index in [4.69, 9.17) is 0 Å². The Morgan fingerprint density at radius 2 is 2.00 bits per heavy atom. The van der Waals surface area contributed by atoms with Crippen LogP contribution in [0.2, 0.25) is 0 Å². The molecular formula is C11H12N6O2. The molecule has 8 nitrogen and oxygen atoms in total. The van der Waals surface area contributed by atoms with Crippen LogP contribution in [0.4, 0.5) is 5.95 Å². The van der Waals surface area contributed by atoms with Crippen LogP contribution in [0.25, 0.3) is 0 Å². The van der Waals surface area contributed by atoms with Crippen molar-refractivity contribution in [2.45, 2.75) is 6.42 Å². The molecule has 0 aliphatic heterocycles. The third kappa shape index (κ3) is 3.87. The molecule has 2 aromatic rings. The van der Waals surface area contributed by atoms with Crippen LogP contribution in [0.3, 0.4) is 0 Å². The van der Waals surface area contributed by atoms with Crippen LogP contribution in [0.1, 0.15) is 16.8 Å². The summed E-state index contributed by atoms with van der Waals surface area (Å²) in [5.41, 5.74) is 0.557. The molecule has 2 rings (SSSR count). The Hall–Kier alpha value is -2.77. The number of benzene rings is 1. The number of hydrogen-bond donors (Lipinski definition) is 3. The van der Waals surface area contributed by atoms with Gasteiger partial charge < -0.3 is 5.32 Å². The quantitative estimate of drug-likeness (QED) is 0.698. The minimum atomic E-state index is -0.297. The summed E-state index contributed by atoms with van der Waals surface area (Å²) in [7, 11) is 0. The van der Waals surface area contributed by atoms with Gasteiger partial charge in [0.2, 0.25) is 5.91 Å². The number of aromatic amines is 1. The fourth-order valence-electron chi connectivity index (χ4n) is 1.38. The van der Waals surface area contributed by atoms with Crippen molar-refractivity contribution in [3.05, 3.63) is 35.9 Å². The number of aromatic nitrogens is 4. The second-order valence-corrected chi connectivity index (χ2v) is 3.66. The monoisotopic (exact) mass is 260 g/mol. The van der Waals surface area contributed by atoms with Gasteiger partial charge in [0.05, 0.1) is 0 Å². The lowest BCUT2D eigenvalue weighted by Crippen LogP contribution is -2.27. The lowest BCUT2D eigenvalue weighted by atomic mass is 10.2. The lowest BCUT2D eigenvalue weighted by Gasteiger charge is -2.04. The molecular weight excluding hydrogens is 248 g/mol. The number of hydrogen-bond acceptors (Lipinski definition) is 5. The number of rotatable bonds is 5. The molecule has 0 saturated heterocycles. The molecule has 2 amide bonds. The number of amides is 2. The van der Waals surface area contributed by atoms with Gasteiger partial charge in [0.15, 0.2) is 0 Å². The second-order valence-electron chi connectivity index (χ2n) is 3.66. The van der Waals surface area contributed by atoms with E-state index in [0.29, 0.717) is 5.56 Å². The highest BCUT2D eigenvalue weighted by atomic mass is 16.2. The molecule has 0 atom stereocenters. The van der Waals surface area contributed by atoms with Gasteiger partial charge in [-0.1, -0.05) is 23.3 Å². The van der Waals surface area contributed by atoms with Crippen LogP contribution in [0, 0.1) is 0 Å². The van der Waals surface area contributed by atoms with Crippen molar-refractivity contribution < 1.29 is 9.59 Å². The summed E-state index contributed by atoms with van der Waals surface area (Å²) < 4.78 is 0. The summed E-state index contributed by atoms with van der Waals surface area (Å²) in [5, 5.41) is 17.8. The van der Waals surface area contributed by atoms with Crippen molar-refractivity contribution >= 4 is 17.8 Å². The summed E-state index contributed by atoms with van der Waals surface area (Å²) in [4.78, 5) is 23.1. The van der Waals surface area contributed by atoms with Gasteiger partial charge in [0.1, 0.15) is 0 Å². The Labute approximate surface area is 108 Å². The first kappa shape index (κ1) is 12.7. The van der Waals surface area contributed by atoms with Crippen molar-refractivity contribution in [1.82, 2.24) is 25.9 Å². The topological polar surface area (TPSA) is 113 Å². The normalized spacial score (nSPS) is 9.89. The molecule has 0 unspecified atom stereocenters. The molecule has 8 heteroatoms. The summed E-state index contributed by atoms with van der Waals surface area (Å²) in [6, 6.07) is 8.79.